The van der Waals surface area contributed by atoms with Crippen LogP contribution in [-0.4, -0.2) is 38.2 Å². The smallest absolute Gasteiger partial charge is 0.360 e. The average molecular weight is 220 g/mol. The van der Waals surface area contributed by atoms with Crippen LogP contribution in [-0.2, 0) is 0 Å². The summed E-state index contributed by atoms with van der Waals surface area (Å²) in [5, 5.41) is 20.1. The van der Waals surface area contributed by atoms with E-state index in [1.54, 1.807) is 18.5 Å². The molecule has 16 heavy (non-hydrogen) atoms. The van der Waals surface area contributed by atoms with Crippen molar-refractivity contribution >= 4 is 5.97 Å². The highest BCUT2D eigenvalue weighted by molar-refractivity contribution is 5.88. The Morgan fingerprint density at radius 1 is 1.50 bits per heavy atom. The Hall–Kier alpha value is -2.44. The van der Waals surface area contributed by atoms with Gasteiger partial charge in [-0.15, -0.1) is 10.2 Å². The predicted molar refractivity (Wildman–Crippen MR) is 52.7 cm³/mol. The van der Waals surface area contributed by atoms with Gasteiger partial charge in [-0.2, -0.15) is 5.10 Å². The van der Waals surface area contributed by atoms with E-state index in [0.29, 0.717) is 5.82 Å². The number of carboxylic acids is 1. The van der Waals surface area contributed by atoms with Gasteiger partial charge in [-0.1, -0.05) is 0 Å². The van der Waals surface area contributed by atoms with Crippen molar-refractivity contribution < 1.29 is 14.6 Å². The van der Waals surface area contributed by atoms with E-state index in [9.17, 15) is 4.79 Å². The number of hydrogen-bond acceptors (Lipinski definition) is 5. The van der Waals surface area contributed by atoms with Gasteiger partial charge in [-0.05, 0) is 6.07 Å². The molecule has 0 aliphatic carbocycles. The second-order valence-electron chi connectivity index (χ2n) is 2.88. The van der Waals surface area contributed by atoms with Gasteiger partial charge in [-0.3, -0.25) is 0 Å². The van der Waals surface area contributed by atoms with Gasteiger partial charge in [0, 0.05) is 18.5 Å². The Balaban J connectivity index is 2.49. The van der Waals surface area contributed by atoms with Gasteiger partial charge in [0.1, 0.15) is 0 Å². The van der Waals surface area contributed by atoms with Crippen LogP contribution in [0.3, 0.4) is 0 Å². The zero-order chi connectivity index (χ0) is 11.5. The highest BCUT2D eigenvalue weighted by atomic mass is 16.5. The lowest BCUT2D eigenvalue weighted by atomic mass is 10.3. The summed E-state index contributed by atoms with van der Waals surface area (Å²) in [4.78, 5) is 10.8. The van der Waals surface area contributed by atoms with Crippen molar-refractivity contribution in [2.45, 2.75) is 0 Å². The zero-order valence-electron chi connectivity index (χ0n) is 8.36. The van der Waals surface area contributed by atoms with Crippen molar-refractivity contribution in [2.75, 3.05) is 7.11 Å². The molecule has 0 spiro atoms. The summed E-state index contributed by atoms with van der Waals surface area (Å²) in [5.41, 5.74) is -0.224. The lowest BCUT2D eigenvalue weighted by Gasteiger charge is -2.05. The summed E-state index contributed by atoms with van der Waals surface area (Å²) in [6, 6.07) is 3.18. The van der Waals surface area contributed by atoms with E-state index in [0.717, 1.165) is 0 Å². The number of carbonyl (C=O) groups is 1. The molecular formula is C9H8N4O3. The Kier molecular flexibility index (Phi) is 2.50. The lowest BCUT2D eigenvalue weighted by molar-refractivity contribution is 0.0685. The normalized spacial score (nSPS) is 10.1. The Bertz CT molecular complexity index is 509. The van der Waals surface area contributed by atoms with Gasteiger partial charge in [0.2, 0.25) is 5.69 Å². The molecule has 82 valence electrons. The van der Waals surface area contributed by atoms with Crippen LogP contribution in [0.25, 0.3) is 5.82 Å². The molecule has 0 aromatic carbocycles. The van der Waals surface area contributed by atoms with Crippen molar-refractivity contribution in [1.82, 2.24) is 20.0 Å². The minimum Gasteiger partial charge on any atom is -0.494 e. The molecule has 0 radical (unpaired) electrons. The van der Waals surface area contributed by atoms with E-state index < -0.39 is 5.97 Å². The number of nitrogens with zero attached hydrogens (tertiary/aromatic N) is 4. The first-order valence-corrected chi connectivity index (χ1v) is 4.37. The summed E-state index contributed by atoms with van der Waals surface area (Å²) in [6.07, 6.45) is 3.25. The molecule has 0 unspecified atom stereocenters. The van der Waals surface area contributed by atoms with Crippen LogP contribution >= 0.6 is 0 Å². The molecule has 2 rings (SSSR count). The van der Waals surface area contributed by atoms with E-state index in [1.807, 2.05) is 0 Å². The van der Waals surface area contributed by atoms with Crippen LogP contribution in [0.15, 0.2) is 24.5 Å². The molecule has 0 atom stereocenters. The standard InChI is InChI=1S/C9H8N4O3/c1-16-6-5-7(13-4-2-3-10-13)11-12-8(6)9(14)15/h2-5H,1H3,(H,14,15). The van der Waals surface area contributed by atoms with Crippen LogP contribution in [0.4, 0.5) is 0 Å². The van der Waals surface area contributed by atoms with Crippen LogP contribution in [0.2, 0.25) is 0 Å². The zero-order valence-corrected chi connectivity index (χ0v) is 8.36. The molecule has 0 aliphatic rings. The fourth-order valence-corrected chi connectivity index (χ4v) is 1.19. The van der Waals surface area contributed by atoms with Gasteiger partial charge < -0.3 is 9.84 Å². The lowest BCUT2D eigenvalue weighted by Crippen LogP contribution is -2.08. The predicted octanol–water partition coefficient (Wildman–Crippen LogP) is 0.369. The summed E-state index contributed by atoms with van der Waals surface area (Å²) < 4.78 is 6.38. The highest BCUT2D eigenvalue weighted by Gasteiger charge is 2.15. The Morgan fingerprint density at radius 2 is 2.31 bits per heavy atom. The molecular weight excluding hydrogens is 212 g/mol. The first-order chi connectivity index (χ1) is 7.72. The first kappa shape index (κ1) is 10.1. The maximum Gasteiger partial charge on any atom is 0.360 e. The largest absolute Gasteiger partial charge is 0.494 e. The molecule has 2 heterocycles. The maximum absolute atomic E-state index is 10.8. The third kappa shape index (κ3) is 1.70. The van der Waals surface area contributed by atoms with Crippen molar-refractivity contribution in [2.24, 2.45) is 0 Å². The molecule has 7 heteroatoms. The number of ether oxygens (including phenoxy) is 1. The third-order valence-corrected chi connectivity index (χ3v) is 1.91. The first-order valence-electron chi connectivity index (χ1n) is 4.37. The van der Waals surface area contributed by atoms with Gasteiger partial charge in [0.25, 0.3) is 0 Å². The topological polar surface area (TPSA) is 90.1 Å². The number of aromatic carboxylic acids is 1. The minimum absolute atomic E-state index is 0.146. The summed E-state index contributed by atoms with van der Waals surface area (Å²) in [6.45, 7) is 0. The summed E-state index contributed by atoms with van der Waals surface area (Å²) in [5.74, 6) is -0.642. The van der Waals surface area contributed by atoms with Crippen molar-refractivity contribution in [3.8, 4) is 11.6 Å². The Labute approximate surface area is 90.3 Å². The molecule has 0 saturated carbocycles. The summed E-state index contributed by atoms with van der Waals surface area (Å²) >= 11 is 0. The monoisotopic (exact) mass is 220 g/mol. The van der Waals surface area contributed by atoms with Gasteiger partial charge in [0.15, 0.2) is 11.6 Å². The SMILES string of the molecule is COc1cc(-n2cccn2)nnc1C(=O)O. The van der Waals surface area contributed by atoms with Crippen LogP contribution in [0.1, 0.15) is 10.5 Å². The van der Waals surface area contributed by atoms with Gasteiger partial charge in [0.05, 0.1) is 7.11 Å². The average Bonchev–Trinajstić information content (AvgIpc) is 2.81. The van der Waals surface area contributed by atoms with Crippen molar-refractivity contribution in [3.05, 3.63) is 30.2 Å². The quantitative estimate of drug-likeness (QED) is 0.803. The molecule has 0 fully saturated rings. The maximum atomic E-state index is 10.8. The van der Waals surface area contributed by atoms with Gasteiger partial charge >= 0.3 is 5.97 Å². The number of carboxylic acid groups (broad SMARTS) is 1. The van der Waals surface area contributed by atoms with Crippen LogP contribution in [0, 0.1) is 0 Å². The van der Waals surface area contributed by atoms with E-state index in [4.69, 9.17) is 9.84 Å². The van der Waals surface area contributed by atoms with E-state index in [1.165, 1.54) is 17.9 Å². The van der Waals surface area contributed by atoms with Crippen LogP contribution in [0.5, 0.6) is 5.75 Å². The molecule has 1 N–H and O–H groups in total. The second-order valence-corrected chi connectivity index (χ2v) is 2.88. The molecule has 0 aliphatic heterocycles. The molecule has 0 saturated heterocycles. The van der Waals surface area contributed by atoms with E-state index in [-0.39, 0.29) is 11.4 Å². The fraction of sp³-hybridized carbons (Fsp3) is 0.111. The number of hydrogen-bond donors (Lipinski definition) is 1. The summed E-state index contributed by atoms with van der Waals surface area (Å²) in [7, 11) is 1.37. The Morgan fingerprint density at radius 3 is 2.88 bits per heavy atom. The minimum atomic E-state index is -1.18. The van der Waals surface area contributed by atoms with E-state index >= 15 is 0 Å². The molecule has 0 amide bonds. The molecule has 2 aromatic rings. The fourth-order valence-electron chi connectivity index (χ4n) is 1.19. The van der Waals surface area contributed by atoms with Crippen molar-refractivity contribution in [1.29, 1.82) is 0 Å². The second kappa shape index (κ2) is 3.97. The van der Waals surface area contributed by atoms with E-state index in [2.05, 4.69) is 15.3 Å². The molecule has 0 bridgehead atoms. The highest BCUT2D eigenvalue weighted by Crippen LogP contribution is 2.17. The number of rotatable bonds is 3. The van der Waals surface area contributed by atoms with Crippen molar-refractivity contribution in [3.63, 3.8) is 0 Å². The van der Waals surface area contributed by atoms with Crippen LogP contribution < -0.4 is 4.74 Å². The third-order valence-electron chi connectivity index (χ3n) is 1.91. The molecule has 2 aromatic heterocycles. The molecule has 7 nitrogen and oxygen atoms in total. The number of aromatic nitrogens is 4. The number of methoxy groups -OCH3 is 1. The van der Waals surface area contributed by atoms with Gasteiger partial charge in [-0.25, -0.2) is 9.48 Å².